The lowest BCUT2D eigenvalue weighted by molar-refractivity contribution is 0.668. The quantitative estimate of drug-likeness (QED) is 0.150. The molecule has 0 unspecified atom stereocenters. The van der Waals surface area contributed by atoms with Gasteiger partial charge < -0.3 is 13.7 Å². The lowest BCUT2D eigenvalue weighted by Gasteiger charge is -2.25. The van der Waals surface area contributed by atoms with Crippen molar-refractivity contribution in [2.75, 3.05) is 4.90 Å². The van der Waals surface area contributed by atoms with Crippen LogP contribution < -0.4 is 4.90 Å². The number of rotatable bonds is 7. The van der Waals surface area contributed by atoms with E-state index in [1.165, 1.54) is 38.2 Å². The van der Waals surface area contributed by atoms with Crippen LogP contribution >= 0.6 is 0 Å². The normalized spacial score (nSPS) is 11.7. The van der Waals surface area contributed by atoms with Crippen LogP contribution in [0, 0.1) is 0 Å². The van der Waals surface area contributed by atoms with Gasteiger partial charge in [-0.3, -0.25) is 0 Å². The summed E-state index contributed by atoms with van der Waals surface area (Å²) in [4.78, 5) is 2.31. The molecule has 11 aromatic carbocycles. The van der Waals surface area contributed by atoms with Gasteiger partial charge in [0.25, 0.3) is 0 Å². The predicted octanol–water partition coefficient (Wildman–Crippen LogP) is 17.9. The standard InChI is InChI=1S/C62H39NO2/c1-3-15-46(16-4-1)63(47-17-5-2-6-18-47)48-31-27-40(28-32-48)61-51-21-7-9-23-53(51)62(54-24-10-8-22-52(54)61)45-36-43(41-29-33-59-55(38-41)49-19-11-13-25-57(49)64-59)35-44(37-45)42-30-34-60-56(39-42)50-20-12-14-26-58(50)65-60/h1-39H. The summed E-state index contributed by atoms with van der Waals surface area (Å²) < 4.78 is 12.6. The van der Waals surface area contributed by atoms with E-state index in [1.807, 2.05) is 24.3 Å². The van der Waals surface area contributed by atoms with Crippen LogP contribution in [0.25, 0.3) is 110 Å². The molecule has 2 heterocycles. The first kappa shape index (κ1) is 36.9. The number of fused-ring (bicyclic) bond motifs is 8. The summed E-state index contributed by atoms with van der Waals surface area (Å²) in [5.74, 6) is 0. The molecule has 0 atom stereocenters. The van der Waals surface area contributed by atoms with Crippen LogP contribution in [-0.4, -0.2) is 0 Å². The molecule has 0 aliphatic heterocycles. The van der Waals surface area contributed by atoms with Crippen molar-refractivity contribution >= 4 is 82.5 Å². The van der Waals surface area contributed by atoms with E-state index in [9.17, 15) is 0 Å². The minimum atomic E-state index is 0.886. The maximum atomic E-state index is 6.29. The molecule has 3 heteroatoms. The van der Waals surface area contributed by atoms with Gasteiger partial charge in [-0.1, -0.05) is 146 Å². The van der Waals surface area contributed by atoms with Crippen molar-refractivity contribution in [1.29, 1.82) is 0 Å². The number of furan rings is 2. The van der Waals surface area contributed by atoms with Crippen molar-refractivity contribution in [1.82, 2.24) is 0 Å². The van der Waals surface area contributed by atoms with Gasteiger partial charge in [0.2, 0.25) is 0 Å². The smallest absolute Gasteiger partial charge is 0.135 e. The number of hydrogen-bond donors (Lipinski definition) is 0. The number of hydrogen-bond acceptors (Lipinski definition) is 3. The highest BCUT2D eigenvalue weighted by molar-refractivity contribution is 6.22. The number of benzene rings is 11. The van der Waals surface area contributed by atoms with E-state index in [0.717, 1.165) is 88.8 Å². The van der Waals surface area contributed by atoms with Gasteiger partial charge in [-0.15, -0.1) is 0 Å². The van der Waals surface area contributed by atoms with Crippen LogP contribution in [0.2, 0.25) is 0 Å². The third-order valence-electron chi connectivity index (χ3n) is 13.0. The average Bonchev–Trinajstić information content (AvgIpc) is 3.94. The van der Waals surface area contributed by atoms with Gasteiger partial charge in [0.15, 0.2) is 0 Å². The molecule has 0 radical (unpaired) electrons. The Bertz CT molecular complexity index is 3710. The second kappa shape index (κ2) is 15.0. The zero-order chi connectivity index (χ0) is 42.8. The molecule has 0 amide bonds. The van der Waals surface area contributed by atoms with E-state index < -0.39 is 0 Å². The lowest BCUT2D eigenvalue weighted by atomic mass is 9.84. The molecule has 304 valence electrons. The molecule has 65 heavy (non-hydrogen) atoms. The summed E-state index contributed by atoms with van der Waals surface area (Å²) in [6.07, 6.45) is 0. The highest BCUT2D eigenvalue weighted by atomic mass is 16.3. The molecule has 13 rings (SSSR count). The van der Waals surface area contributed by atoms with Crippen molar-refractivity contribution in [2.24, 2.45) is 0 Å². The van der Waals surface area contributed by atoms with E-state index in [-0.39, 0.29) is 0 Å². The molecule has 0 saturated carbocycles. The topological polar surface area (TPSA) is 29.5 Å². The molecular weight excluding hydrogens is 791 g/mol. The van der Waals surface area contributed by atoms with Crippen molar-refractivity contribution in [2.45, 2.75) is 0 Å². The number of nitrogens with zero attached hydrogens (tertiary/aromatic N) is 1. The minimum absolute atomic E-state index is 0.886. The summed E-state index contributed by atoms with van der Waals surface area (Å²) in [5.41, 5.74) is 16.2. The summed E-state index contributed by atoms with van der Waals surface area (Å²) in [5, 5.41) is 9.28. The molecular formula is C62H39NO2. The van der Waals surface area contributed by atoms with Crippen LogP contribution in [0.1, 0.15) is 0 Å². The lowest BCUT2D eigenvalue weighted by Crippen LogP contribution is -2.09. The van der Waals surface area contributed by atoms with Gasteiger partial charge in [-0.25, -0.2) is 0 Å². The molecule has 2 aromatic heterocycles. The van der Waals surface area contributed by atoms with E-state index in [0.29, 0.717) is 0 Å². The molecule has 13 aromatic rings. The van der Waals surface area contributed by atoms with Crippen molar-refractivity contribution in [3.63, 3.8) is 0 Å². The Labute approximate surface area is 375 Å². The summed E-state index contributed by atoms with van der Waals surface area (Å²) >= 11 is 0. The van der Waals surface area contributed by atoms with Crippen LogP contribution in [0.4, 0.5) is 17.1 Å². The third kappa shape index (κ3) is 6.20. The monoisotopic (exact) mass is 829 g/mol. The second-order valence-corrected chi connectivity index (χ2v) is 16.8. The summed E-state index contributed by atoms with van der Waals surface area (Å²) in [6, 6.07) is 85.0. The van der Waals surface area contributed by atoms with E-state index in [4.69, 9.17) is 8.83 Å². The first-order valence-corrected chi connectivity index (χ1v) is 22.1. The second-order valence-electron chi connectivity index (χ2n) is 16.8. The molecule has 0 spiro atoms. The van der Waals surface area contributed by atoms with Gasteiger partial charge in [0.05, 0.1) is 0 Å². The van der Waals surface area contributed by atoms with Gasteiger partial charge in [0, 0.05) is 38.6 Å². The summed E-state index contributed by atoms with van der Waals surface area (Å²) in [7, 11) is 0. The van der Waals surface area contributed by atoms with Crippen molar-refractivity contribution < 1.29 is 8.83 Å². The largest absolute Gasteiger partial charge is 0.456 e. The molecule has 0 bridgehead atoms. The highest BCUT2D eigenvalue weighted by Crippen LogP contribution is 2.47. The van der Waals surface area contributed by atoms with Gasteiger partial charge in [-0.2, -0.15) is 0 Å². The molecule has 0 N–H and O–H groups in total. The Balaban J connectivity index is 1.02. The van der Waals surface area contributed by atoms with Gasteiger partial charge in [0.1, 0.15) is 22.3 Å². The van der Waals surface area contributed by atoms with Crippen molar-refractivity contribution in [3.05, 3.63) is 237 Å². The Morgan fingerprint density at radius 2 is 0.554 bits per heavy atom. The first-order chi connectivity index (χ1) is 32.2. The maximum Gasteiger partial charge on any atom is 0.135 e. The van der Waals surface area contributed by atoms with Gasteiger partial charge in [-0.05, 0) is 157 Å². The Hall–Kier alpha value is -8.66. The fraction of sp³-hybridized carbons (Fsp3) is 0. The van der Waals surface area contributed by atoms with Crippen LogP contribution in [0.3, 0.4) is 0 Å². The average molecular weight is 830 g/mol. The number of anilines is 3. The summed E-state index contributed by atoms with van der Waals surface area (Å²) in [6.45, 7) is 0. The van der Waals surface area contributed by atoms with E-state index in [2.05, 4.69) is 217 Å². The zero-order valence-electron chi connectivity index (χ0n) is 35.3. The van der Waals surface area contributed by atoms with E-state index in [1.54, 1.807) is 0 Å². The van der Waals surface area contributed by atoms with Crippen molar-refractivity contribution in [3.8, 4) is 44.5 Å². The fourth-order valence-electron chi connectivity index (χ4n) is 10.0. The zero-order valence-corrected chi connectivity index (χ0v) is 35.3. The molecule has 0 aliphatic carbocycles. The first-order valence-electron chi connectivity index (χ1n) is 22.1. The molecule has 0 aliphatic rings. The molecule has 0 saturated heterocycles. The highest BCUT2D eigenvalue weighted by Gasteiger charge is 2.20. The molecule has 3 nitrogen and oxygen atoms in total. The van der Waals surface area contributed by atoms with E-state index >= 15 is 0 Å². The Morgan fingerprint density at radius 1 is 0.215 bits per heavy atom. The maximum absolute atomic E-state index is 6.29. The van der Waals surface area contributed by atoms with Crippen LogP contribution in [0.5, 0.6) is 0 Å². The third-order valence-corrected chi connectivity index (χ3v) is 13.0. The Morgan fingerprint density at radius 3 is 1.02 bits per heavy atom. The fourth-order valence-corrected chi connectivity index (χ4v) is 10.0. The number of para-hydroxylation sites is 4. The van der Waals surface area contributed by atoms with Crippen LogP contribution in [0.15, 0.2) is 245 Å². The molecule has 0 fully saturated rings. The minimum Gasteiger partial charge on any atom is -0.456 e. The predicted molar refractivity (Wildman–Crippen MR) is 272 cm³/mol. The Kier molecular flexibility index (Phi) is 8.53. The van der Waals surface area contributed by atoms with Crippen LogP contribution in [-0.2, 0) is 0 Å². The SMILES string of the molecule is c1ccc(N(c2ccccc2)c2ccc(-c3c4ccccc4c(-c4cc(-c5ccc6oc7ccccc7c6c5)cc(-c5ccc6oc7ccccc7c6c5)c4)c4ccccc34)cc2)cc1. The van der Waals surface area contributed by atoms with Gasteiger partial charge >= 0.3 is 0 Å².